The number of aromatic nitrogens is 4. The molecule has 0 bridgehead atoms. The zero-order chi connectivity index (χ0) is 17.8. The molecule has 1 atom stereocenters. The number of benzene rings is 1. The lowest BCUT2D eigenvalue weighted by Gasteiger charge is -2.19. The normalized spacial score (nSPS) is 11.9. The molecule has 0 aliphatic rings. The Labute approximate surface area is 142 Å². The number of aromatic amines is 1. The van der Waals surface area contributed by atoms with Gasteiger partial charge in [-0.05, 0) is 5.56 Å². The standard InChI is InChI=1S/C17H17N5O3/c1-21-10-8-18-16(21)15(12-5-3-2-4-6-12)19-14(24)11-22-9-7-13(23)20-17(22)25/h2-10,15H,11H2,1H3,(H,19,24)(H,20,23,25)/t15-/m0/s1. The van der Waals surface area contributed by atoms with Gasteiger partial charge in [-0.3, -0.25) is 19.1 Å². The van der Waals surface area contributed by atoms with Crippen molar-refractivity contribution in [2.24, 2.45) is 7.05 Å². The second-order valence-corrected chi connectivity index (χ2v) is 5.55. The van der Waals surface area contributed by atoms with Crippen LogP contribution in [0.2, 0.25) is 0 Å². The van der Waals surface area contributed by atoms with Gasteiger partial charge in [0.25, 0.3) is 5.56 Å². The predicted molar refractivity (Wildman–Crippen MR) is 91.0 cm³/mol. The van der Waals surface area contributed by atoms with E-state index in [4.69, 9.17) is 0 Å². The predicted octanol–water partition coefficient (Wildman–Crippen LogP) is 0.176. The van der Waals surface area contributed by atoms with E-state index in [1.807, 2.05) is 41.9 Å². The van der Waals surface area contributed by atoms with Crippen LogP contribution in [0.25, 0.3) is 0 Å². The third-order valence-corrected chi connectivity index (χ3v) is 3.77. The van der Waals surface area contributed by atoms with Crippen LogP contribution in [0, 0.1) is 0 Å². The molecule has 0 aliphatic heterocycles. The number of hydrogen-bond acceptors (Lipinski definition) is 4. The van der Waals surface area contributed by atoms with Gasteiger partial charge in [-0.2, -0.15) is 0 Å². The highest BCUT2D eigenvalue weighted by atomic mass is 16.2. The van der Waals surface area contributed by atoms with Crippen molar-refractivity contribution in [3.63, 3.8) is 0 Å². The van der Waals surface area contributed by atoms with Gasteiger partial charge < -0.3 is 9.88 Å². The molecule has 0 saturated heterocycles. The second kappa shape index (κ2) is 7.00. The zero-order valence-corrected chi connectivity index (χ0v) is 13.5. The Morgan fingerprint density at radius 3 is 2.60 bits per heavy atom. The lowest BCUT2D eigenvalue weighted by atomic mass is 10.1. The highest BCUT2D eigenvalue weighted by Gasteiger charge is 2.20. The number of carbonyl (C=O) groups is 1. The maximum absolute atomic E-state index is 12.4. The van der Waals surface area contributed by atoms with Crippen molar-refractivity contribution in [1.82, 2.24) is 24.4 Å². The van der Waals surface area contributed by atoms with E-state index in [1.165, 1.54) is 12.3 Å². The lowest BCUT2D eigenvalue weighted by molar-refractivity contribution is -0.122. The average molecular weight is 339 g/mol. The van der Waals surface area contributed by atoms with Gasteiger partial charge >= 0.3 is 5.69 Å². The molecular weight excluding hydrogens is 322 g/mol. The second-order valence-electron chi connectivity index (χ2n) is 5.55. The molecule has 0 fully saturated rings. The van der Waals surface area contributed by atoms with Gasteiger partial charge in [0.2, 0.25) is 5.91 Å². The fourth-order valence-electron chi connectivity index (χ4n) is 2.53. The molecule has 8 nitrogen and oxygen atoms in total. The van der Waals surface area contributed by atoms with Crippen LogP contribution >= 0.6 is 0 Å². The molecule has 2 aromatic heterocycles. The molecular formula is C17H17N5O3. The molecule has 3 rings (SSSR count). The van der Waals surface area contributed by atoms with E-state index in [0.717, 1.165) is 10.1 Å². The van der Waals surface area contributed by atoms with Crippen LogP contribution in [0.4, 0.5) is 0 Å². The van der Waals surface area contributed by atoms with Crippen LogP contribution in [0.5, 0.6) is 0 Å². The molecule has 2 N–H and O–H groups in total. The molecule has 128 valence electrons. The number of H-pyrrole nitrogens is 1. The van der Waals surface area contributed by atoms with E-state index in [1.54, 1.807) is 12.4 Å². The highest BCUT2D eigenvalue weighted by Crippen LogP contribution is 2.19. The summed E-state index contributed by atoms with van der Waals surface area (Å²) in [7, 11) is 1.84. The minimum absolute atomic E-state index is 0.205. The summed E-state index contributed by atoms with van der Waals surface area (Å²) in [4.78, 5) is 41.7. The SMILES string of the molecule is Cn1ccnc1[C@@H](NC(=O)Cn1ccc(=O)[nH]c1=O)c1ccccc1. The number of carbonyl (C=O) groups excluding carboxylic acids is 1. The molecule has 0 radical (unpaired) electrons. The zero-order valence-electron chi connectivity index (χ0n) is 13.5. The van der Waals surface area contributed by atoms with Gasteiger partial charge in [-0.1, -0.05) is 30.3 Å². The van der Waals surface area contributed by atoms with Crippen molar-refractivity contribution >= 4 is 5.91 Å². The largest absolute Gasteiger partial charge is 0.341 e. The Morgan fingerprint density at radius 2 is 1.96 bits per heavy atom. The number of nitrogens with zero attached hydrogens (tertiary/aromatic N) is 3. The molecule has 3 aromatic rings. The molecule has 0 aliphatic carbocycles. The van der Waals surface area contributed by atoms with E-state index < -0.39 is 17.3 Å². The summed E-state index contributed by atoms with van der Waals surface area (Å²) in [5.41, 5.74) is -0.258. The van der Waals surface area contributed by atoms with Gasteiger partial charge in [0.05, 0.1) is 0 Å². The van der Waals surface area contributed by atoms with Crippen molar-refractivity contribution < 1.29 is 4.79 Å². The van der Waals surface area contributed by atoms with Crippen LogP contribution < -0.4 is 16.6 Å². The molecule has 0 unspecified atom stereocenters. The number of rotatable bonds is 5. The highest BCUT2D eigenvalue weighted by molar-refractivity contribution is 5.76. The Bertz CT molecular complexity index is 987. The monoisotopic (exact) mass is 339 g/mol. The van der Waals surface area contributed by atoms with Crippen molar-refractivity contribution in [1.29, 1.82) is 0 Å². The summed E-state index contributed by atoms with van der Waals surface area (Å²) in [6, 6.07) is 10.2. The Kier molecular flexibility index (Phi) is 4.60. The first-order chi connectivity index (χ1) is 12.0. The Hall–Kier alpha value is -3.42. The summed E-state index contributed by atoms with van der Waals surface area (Å²) in [5, 5.41) is 2.89. The van der Waals surface area contributed by atoms with Crippen LogP contribution in [-0.2, 0) is 18.4 Å². The van der Waals surface area contributed by atoms with Gasteiger partial charge in [0.15, 0.2) is 0 Å². The number of amides is 1. The molecule has 2 heterocycles. The minimum Gasteiger partial charge on any atom is -0.341 e. The number of imidazole rings is 1. The summed E-state index contributed by atoms with van der Waals surface area (Å²) in [6.45, 7) is -0.205. The number of hydrogen-bond donors (Lipinski definition) is 2. The smallest absolute Gasteiger partial charge is 0.328 e. The molecule has 1 aromatic carbocycles. The topological polar surface area (TPSA) is 102 Å². The van der Waals surface area contributed by atoms with Crippen LogP contribution in [0.3, 0.4) is 0 Å². The molecule has 25 heavy (non-hydrogen) atoms. The van der Waals surface area contributed by atoms with E-state index in [0.29, 0.717) is 5.82 Å². The van der Waals surface area contributed by atoms with Gasteiger partial charge in [0.1, 0.15) is 18.4 Å². The van der Waals surface area contributed by atoms with Crippen molar-refractivity contribution in [3.8, 4) is 0 Å². The van der Waals surface area contributed by atoms with E-state index in [9.17, 15) is 14.4 Å². The first kappa shape index (κ1) is 16.4. The first-order valence-electron chi connectivity index (χ1n) is 7.66. The Balaban J connectivity index is 1.85. The number of nitrogens with one attached hydrogen (secondary N) is 2. The quantitative estimate of drug-likeness (QED) is 0.692. The molecule has 8 heteroatoms. The van der Waals surface area contributed by atoms with Crippen molar-refractivity contribution in [2.75, 3.05) is 0 Å². The third kappa shape index (κ3) is 3.74. The fraction of sp³-hybridized carbons (Fsp3) is 0.176. The number of aryl methyl sites for hydroxylation is 1. The molecule has 0 saturated carbocycles. The van der Waals surface area contributed by atoms with Crippen LogP contribution in [-0.4, -0.2) is 25.0 Å². The van der Waals surface area contributed by atoms with Crippen LogP contribution in [0.1, 0.15) is 17.4 Å². The summed E-state index contributed by atoms with van der Waals surface area (Å²) >= 11 is 0. The Morgan fingerprint density at radius 1 is 1.20 bits per heavy atom. The van der Waals surface area contributed by atoms with Gasteiger partial charge in [0, 0.05) is 31.7 Å². The van der Waals surface area contributed by atoms with E-state index in [2.05, 4.69) is 15.3 Å². The lowest BCUT2D eigenvalue weighted by Crippen LogP contribution is -2.37. The van der Waals surface area contributed by atoms with Crippen LogP contribution in [0.15, 0.2) is 64.6 Å². The van der Waals surface area contributed by atoms with Gasteiger partial charge in [-0.25, -0.2) is 9.78 Å². The summed E-state index contributed by atoms with van der Waals surface area (Å²) < 4.78 is 2.96. The first-order valence-corrected chi connectivity index (χ1v) is 7.66. The fourth-order valence-corrected chi connectivity index (χ4v) is 2.53. The summed E-state index contributed by atoms with van der Waals surface area (Å²) in [5.74, 6) is 0.305. The molecule has 0 spiro atoms. The van der Waals surface area contributed by atoms with E-state index in [-0.39, 0.29) is 12.5 Å². The average Bonchev–Trinajstić information content (AvgIpc) is 3.02. The minimum atomic E-state index is -0.629. The van der Waals surface area contributed by atoms with Crippen molar-refractivity contribution in [2.45, 2.75) is 12.6 Å². The van der Waals surface area contributed by atoms with E-state index >= 15 is 0 Å². The summed E-state index contributed by atoms with van der Waals surface area (Å²) in [6.07, 6.45) is 4.74. The van der Waals surface area contributed by atoms with Crippen molar-refractivity contribution in [3.05, 3.63) is 87.2 Å². The maximum Gasteiger partial charge on any atom is 0.328 e. The maximum atomic E-state index is 12.4. The third-order valence-electron chi connectivity index (χ3n) is 3.77. The van der Waals surface area contributed by atoms with Gasteiger partial charge in [-0.15, -0.1) is 0 Å². The molecule has 1 amide bonds.